The summed E-state index contributed by atoms with van der Waals surface area (Å²) in [6.45, 7) is 0. The smallest absolute Gasteiger partial charge is 0.250 e. The molecular weight excluding hydrogens is 201 g/mol. The molecule has 2 rings (SSSR count). The van der Waals surface area contributed by atoms with Crippen molar-refractivity contribution in [2.24, 2.45) is 0 Å². The fraction of sp³-hybridized carbons (Fsp3) is 0.500. The highest BCUT2D eigenvalue weighted by Gasteiger charge is 2.17. The molecule has 0 atom stereocenters. The third-order valence-corrected chi connectivity index (χ3v) is 3.22. The van der Waals surface area contributed by atoms with E-state index in [1.165, 1.54) is 6.07 Å². The van der Waals surface area contributed by atoms with E-state index in [9.17, 15) is 4.39 Å². The normalized spacial score (nSPS) is 18.1. The van der Waals surface area contributed by atoms with Gasteiger partial charge in [-0.1, -0.05) is 0 Å². The summed E-state index contributed by atoms with van der Waals surface area (Å²) >= 11 is 1.92. The van der Waals surface area contributed by atoms with Crippen LogP contribution in [0.15, 0.2) is 18.3 Å². The molecule has 1 aliphatic heterocycles. The zero-order valence-electron chi connectivity index (χ0n) is 7.78. The third-order valence-electron chi connectivity index (χ3n) is 2.17. The van der Waals surface area contributed by atoms with Crippen LogP contribution in [0.4, 0.5) is 4.39 Å². The van der Waals surface area contributed by atoms with Gasteiger partial charge in [0.1, 0.15) is 6.10 Å². The van der Waals surface area contributed by atoms with Crippen molar-refractivity contribution < 1.29 is 9.13 Å². The van der Waals surface area contributed by atoms with Gasteiger partial charge in [-0.25, -0.2) is 9.37 Å². The van der Waals surface area contributed by atoms with Crippen molar-refractivity contribution in [3.8, 4) is 5.88 Å². The van der Waals surface area contributed by atoms with Gasteiger partial charge in [-0.15, -0.1) is 0 Å². The van der Waals surface area contributed by atoms with E-state index in [0.717, 1.165) is 24.3 Å². The Labute approximate surface area is 86.9 Å². The number of hydrogen-bond donors (Lipinski definition) is 0. The summed E-state index contributed by atoms with van der Waals surface area (Å²) in [5.74, 6) is 1.97. The Morgan fingerprint density at radius 3 is 2.93 bits per heavy atom. The van der Waals surface area contributed by atoms with E-state index < -0.39 is 0 Å². The molecule has 1 aromatic rings. The molecule has 1 saturated heterocycles. The summed E-state index contributed by atoms with van der Waals surface area (Å²) in [7, 11) is 0. The summed E-state index contributed by atoms with van der Waals surface area (Å²) < 4.78 is 18.6. The van der Waals surface area contributed by atoms with Gasteiger partial charge in [-0.3, -0.25) is 0 Å². The minimum atomic E-state index is -0.370. The van der Waals surface area contributed by atoms with Crippen LogP contribution in [-0.4, -0.2) is 22.6 Å². The Balaban J connectivity index is 1.99. The molecule has 1 aromatic heterocycles. The monoisotopic (exact) mass is 213 g/mol. The van der Waals surface area contributed by atoms with Crippen LogP contribution in [0, 0.1) is 5.82 Å². The molecular formula is C10H12FNOS. The van der Waals surface area contributed by atoms with E-state index in [2.05, 4.69) is 4.98 Å². The Morgan fingerprint density at radius 1 is 1.43 bits per heavy atom. The first kappa shape index (κ1) is 9.77. The number of nitrogens with zero attached hydrogens (tertiary/aromatic N) is 1. The van der Waals surface area contributed by atoms with Crippen molar-refractivity contribution in [3.05, 3.63) is 24.1 Å². The topological polar surface area (TPSA) is 22.1 Å². The predicted octanol–water partition coefficient (Wildman–Crippen LogP) is 2.50. The molecule has 1 fully saturated rings. The number of ether oxygens (including phenoxy) is 1. The van der Waals surface area contributed by atoms with Crippen molar-refractivity contribution >= 4 is 11.8 Å². The molecule has 76 valence electrons. The first-order valence-electron chi connectivity index (χ1n) is 4.71. The second-order valence-corrected chi connectivity index (χ2v) is 4.44. The van der Waals surface area contributed by atoms with Crippen molar-refractivity contribution in [1.82, 2.24) is 4.98 Å². The van der Waals surface area contributed by atoms with Crippen LogP contribution < -0.4 is 4.74 Å². The van der Waals surface area contributed by atoms with Gasteiger partial charge in [0, 0.05) is 6.20 Å². The van der Waals surface area contributed by atoms with Gasteiger partial charge in [0.2, 0.25) is 0 Å². The Kier molecular flexibility index (Phi) is 3.24. The van der Waals surface area contributed by atoms with Gasteiger partial charge >= 0.3 is 0 Å². The molecule has 14 heavy (non-hydrogen) atoms. The highest BCUT2D eigenvalue weighted by molar-refractivity contribution is 7.99. The van der Waals surface area contributed by atoms with Crippen molar-refractivity contribution in [3.63, 3.8) is 0 Å². The Hall–Kier alpha value is -0.770. The van der Waals surface area contributed by atoms with Crippen molar-refractivity contribution in [1.29, 1.82) is 0 Å². The first-order valence-corrected chi connectivity index (χ1v) is 5.86. The summed E-state index contributed by atoms with van der Waals surface area (Å²) in [6, 6.07) is 2.94. The van der Waals surface area contributed by atoms with Crippen LogP contribution in [0.3, 0.4) is 0 Å². The molecule has 0 N–H and O–H groups in total. The molecule has 2 heterocycles. The van der Waals surface area contributed by atoms with E-state index in [0.29, 0.717) is 0 Å². The molecule has 0 aromatic carbocycles. The van der Waals surface area contributed by atoms with E-state index in [-0.39, 0.29) is 17.8 Å². The fourth-order valence-corrected chi connectivity index (χ4v) is 2.47. The van der Waals surface area contributed by atoms with Crippen LogP contribution in [0.2, 0.25) is 0 Å². The minimum Gasteiger partial charge on any atom is -0.472 e. The van der Waals surface area contributed by atoms with E-state index >= 15 is 0 Å². The summed E-state index contributed by atoms with van der Waals surface area (Å²) in [5.41, 5.74) is 0. The molecule has 1 aliphatic rings. The number of halogens is 1. The maximum Gasteiger partial charge on any atom is 0.250 e. The van der Waals surface area contributed by atoms with Crippen molar-refractivity contribution in [2.45, 2.75) is 18.9 Å². The lowest BCUT2D eigenvalue weighted by molar-refractivity contribution is 0.175. The molecule has 4 heteroatoms. The second-order valence-electron chi connectivity index (χ2n) is 3.22. The lowest BCUT2D eigenvalue weighted by Gasteiger charge is -2.22. The summed E-state index contributed by atoms with van der Waals surface area (Å²) in [6.07, 6.45) is 3.66. The zero-order valence-corrected chi connectivity index (χ0v) is 8.60. The summed E-state index contributed by atoms with van der Waals surface area (Å²) in [5, 5.41) is 0. The molecule has 0 unspecified atom stereocenters. The van der Waals surface area contributed by atoms with Gasteiger partial charge in [-0.2, -0.15) is 11.8 Å². The maximum absolute atomic E-state index is 13.2. The standard InChI is InChI=1S/C10H12FNOS/c11-9-2-1-5-12-10(9)13-8-3-6-14-7-4-8/h1-2,5,8H,3-4,6-7H2. The molecule has 0 saturated carbocycles. The van der Waals surface area contributed by atoms with Gasteiger partial charge in [0.05, 0.1) is 0 Å². The highest BCUT2D eigenvalue weighted by atomic mass is 32.2. The van der Waals surface area contributed by atoms with Gasteiger partial charge in [0.15, 0.2) is 5.82 Å². The quantitative estimate of drug-likeness (QED) is 0.753. The Bertz CT molecular complexity index is 302. The second kappa shape index (κ2) is 4.64. The minimum absolute atomic E-state index is 0.139. The SMILES string of the molecule is Fc1cccnc1OC1CCSCC1. The summed E-state index contributed by atoms with van der Waals surface area (Å²) in [4.78, 5) is 3.87. The lowest BCUT2D eigenvalue weighted by Crippen LogP contribution is -2.22. The number of rotatable bonds is 2. The van der Waals surface area contributed by atoms with Gasteiger partial charge in [-0.05, 0) is 36.5 Å². The van der Waals surface area contributed by atoms with Gasteiger partial charge < -0.3 is 4.74 Å². The average molecular weight is 213 g/mol. The van der Waals surface area contributed by atoms with Crippen LogP contribution in [0.25, 0.3) is 0 Å². The number of thioether (sulfide) groups is 1. The van der Waals surface area contributed by atoms with Crippen LogP contribution >= 0.6 is 11.8 Å². The predicted molar refractivity (Wildman–Crippen MR) is 55.2 cm³/mol. The fourth-order valence-electron chi connectivity index (χ4n) is 1.41. The van der Waals surface area contributed by atoms with Gasteiger partial charge in [0.25, 0.3) is 5.88 Å². The first-order chi connectivity index (χ1) is 6.86. The van der Waals surface area contributed by atoms with Crippen LogP contribution in [-0.2, 0) is 0 Å². The van der Waals surface area contributed by atoms with E-state index in [1.807, 2.05) is 11.8 Å². The van der Waals surface area contributed by atoms with Crippen LogP contribution in [0.1, 0.15) is 12.8 Å². The number of hydrogen-bond acceptors (Lipinski definition) is 3. The average Bonchev–Trinajstić information content (AvgIpc) is 2.23. The number of aromatic nitrogens is 1. The number of pyridine rings is 1. The van der Waals surface area contributed by atoms with Crippen LogP contribution in [0.5, 0.6) is 5.88 Å². The largest absolute Gasteiger partial charge is 0.472 e. The lowest BCUT2D eigenvalue weighted by atomic mass is 10.2. The van der Waals surface area contributed by atoms with E-state index in [1.54, 1.807) is 12.3 Å². The molecule has 0 aliphatic carbocycles. The molecule has 0 bridgehead atoms. The molecule has 0 spiro atoms. The van der Waals surface area contributed by atoms with Crippen molar-refractivity contribution in [2.75, 3.05) is 11.5 Å². The maximum atomic E-state index is 13.2. The molecule has 2 nitrogen and oxygen atoms in total. The zero-order chi connectivity index (χ0) is 9.80. The Morgan fingerprint density at radius 2 is 2.21 bits per heavy atom. The highest BCUT2D eigenvalue weighted by Crippen LogP contribution is 2.22. The molecule has 0 amide bonds. The third kappa shape index (κ3) is 2.38. The molecule has 0 radical (unpaired) electrons. The van der Waals surface area contributed by atoms with E-state index in [4.69, 9.17) is 4.74 Å².